The Morgan fingerprint density at radius 1 is 1.31 bits per heavy atom. The van der Waals surface area contributed by atoms with E-state index < -0.39 is 0 Å². The molecular weight excluding hydrogens is 334 g/mol. The Morgan fingerprint density at radius 2 is 2.04 bits per heavy atom. The normalized spacial score (nSPS) is 21.0. The van der Waals surface area contributed by atoms with Gasteiger partial charge < -0.3 is 24.6 Å². The molecule has 2 fully saturated rings. The van der Waals surface area contributed by atoms with Crippen LogP contribution in [0.25, 0.3) is 0 Å². The van der Waals surface area contributed by atoms with Crippen molar-refractivity contribution in [1.29, 1.82) is 0 Å². The van der Waals surface area contributed by atoms with Gasteiger partial charge in [0.15, 0.2) is 0 Å². The number of hydrogen-bond acceptors (Lipinski definition) is 4. The topological polar surface area (TPSA) is 72.3 Å². The van der Waals surface area contributed by atoms with E-state index >= 15 is 0 Å². The highest BCUT2D eigenvalue weighted by atomic mass is 16.5. The maximum absolute atomic E-state index is 12.4. The average molecular weight is 362 g/mol. The van der Waals surface area contributed by atoms with Crippen LogP contribution in [0.1, 0.15) is 12.8 Å². The first kappa shape index (κ1) is 18.7. The number of rotatable bonds is 7. The van der Waals surface area contributed by atoms with Gasteiger partial charge in [0.1, 0.15) is 18.8 Å². The molecule has 7 nitrogen and oxygen atoms in total. The van der Waals surface area contributed by atoms with Crippen LogP contribution in [-0.2, 0) is 14.3 Å². The average Bonchev–Trinajstić information content (AvgIpc) is 3.08. The Kier molecular flexibility index (Phi) is 6.46. The molecule has 0 radical (unpaired) electrons. The second kappa shape index (κ2) is 9.00. The number of carbonyl (C=O) groups excluding carboxylic acids is 2. The molecular formula is C19H28N3O4+. The molecule has 2 aliphatic heterocycles. The van der Waals surface area contributed by atoms with Crippen molar-refractivity contribution in [3.63, 3.8) is 0 Å². The summed E-state index contributed by atoms with van der Waals surface area (Å²) in [6.45, 7) is 5.89. The third kappa shape index (κ3) is 4.74. The lowest BCUT2D eigenvalue weighted by Gasteiger charge is -2.23. The first-order valence-electron chi connectivity index (χ1n) is 9.31. The number of carbonyl (C=O) groups is 2. The highest BCUT2D eigenvalue weighted by Gasteiger charge is 2.34. The smallest absolute Gasteiger partial charge is 0.227 e. The van der Waals surface area contributed by atoms with E-state index in [1.807, 2.05) is 24.3 Å². The van der Waals surface area contributed by atoms with E-state index in [0.717, 1.165) is 50.7 Å². The standard InChI is InChI=1S/C19H27N3O4/c1-25-17-5-3-16(4-6-17)22-14-15(13-18(22)23)19(24)20-7-2-8-21-9-11-26-12-10-21/h3-6,15H,2,7-14H2,1H3,(H,20,24)/p+1. The summed E-state index contributed by atoms with van der Waals surface area (Å²) in [7, 11) is 1.61. The van der Waals surface area contributed by atoms with Crippen LogP contribution in [0.4, 0.5) is 5.69 Å². The quantitative estimate of drug-likeness (QED) is 0.640. The summed E-state index contributed by atoms with van der Waals surface area (Å²) >= 11 is 0. The van der Waals surface area contributed by atoms with E-state index in [2.05, 4.69) is 5.32 Å². The molecule has 0 bridgehead atoms. The van der Waals surface area contributed by atoms with Gasteiger partial charge in [-0.2, -0.15) is 0 Å². The number of nitrogens with zero attached hydrogens (tertiary/aromatic N) is 1. The van der Waals surface area contributed by atoms with Crippen molar-refractivity contribution in [2.75, 3.05) is 57.9 Å². The van der Waals surface area contributed by atoms with Crippen molar-refractivity contribution in [1.82, 2.24) is 5.32 Å². The predicted octanol–water partition coefficient (Wildman–Crippen LogP) is -0.530. The molecule has 1 atom stereocenters. The molecule has 1 aromatic rings. The molecule has 7 heteroatoms. The highest BCUT2D eigenvalue weighted by Crippen LogP contribution is 2.26. The van der Waals surface area contributed by atoms with Crippen LogP contribution in [0.3, 0.4) is 0 Å². The number of quaternary nitrogens is 1. The van der Waals surface area contributed by atoms with Gasteiger partial charge in [-0.25, -0.2) is 0 Å². The van der Waals surface area contributed by atoms with Gasteiger partial charge in [0.05, 0.1) is 32.8 Å². The molecule has 2 saturated heterocycles. The van der Waals surface area contributed by atoms with Crippen LogP contribution >= 0.6 is 0 Å². The van der Waals surface area contributed by atoms with Gasteiger partial charge in [-0.1, -0.05) is 0 Å². The molecule has 26 heavy (non-hydrogen) atoms. The maximum atomic E-state index is 12.4. The lowest BCUT2D eigenvalue weighted by molar-refractivity contribution is -0.908. The van der Waals surface area contributed by atoms with Crippen molar-refractivity contribution >= 4 is 17.5 Å². The van der Waals surface area contributed by atoms with Gasteiger partial charge in [0.2, 0.25) is 11.8 Å². The summed E-state index contributed by atoms with van der Waals surface area (Å²) in [6.07, 6.45) is 1.22. The van der Waals surface area contributed by atoms with Crippen LogP contribution < -0.4 is 19.9 Å². The van der Waals surface area contributed by atoms with Crippen molar-refractivity contribution < 1.29 is 24.0 Å². The van der Waals surface area contributed by atoms with Crippen molar-refractivity contribution in [2.45, 2.75) is 12.8 Å². The Bertz CT molecular complexity index is 614. The van der Waals surface area contributed by atoms with E-state index in [-0.39, 0.29) is 24.2 Å². The lowest BCUT2D eigenvalue weighted by Crippen LogP contribution is -3.14. The summed E-state index contributed by atoms with van der Waals surface area (Å²) in [4.78, 5) is 27.9. The lowest BCUT2D eigenvalue weighted by atomic mass is 10.1. The molecule has 2 amide bonds. The van der Waals surface area contributed by atoms with E-state index in [9.17, 15) is 9.59 Å². The third-order valence-corrected chi connectivity index (χ3v) is 5.09. The molecule has 142 valence electrons. The van der Waals surface area contributed by atoms with Gasteiger partial charge in [0.25, 0.3) is 0 Å². The van der Waals surface area contributed by atoms with Crippen LogP contribution in [0, 0.1) is 5.92 Å². The minimum atomic E-state index is -0.277. The fraction of sp³-hybridized carbons (Fsp3) is 0.579. The predicted molar refractivity (Wildman–Crippen MR) is 97.5 cm³/mol. The van der Waals surface area contributed by atoms with E-state index in [4.69, 9.17) is 9.47 Å². The number of methoxy groups -OCH3 is 1. The van der Waals surface area contributed by atoms with E-state index in [1.54, 1.807) is 12.0 Å². The molecule has 1 unspecified atom stereocenters. The van der Waals surface area contributed by atoms with Crippen LogP contribution in [0.2, 0.25) is 0 Å². The third-order valence-electron chi connectivity index (χ3n) is 5.09. The fourth-order valence-corrected chi connectivity index (χ4v) is 3.50. The van der Waals surface area contributed by atoms with Gasteiger partial charge in [0, 0.05) is 31.6 Å². The van der Waals surface area contributed by atoms with Gasteiger partial charge in [-0.15, -0.1) is 0 Å². The number of hydrogen-bond donors (Lipinski definition) is 2. The first-order valence-corrected chi connectivity index (χ1v) is 9.31. The maximum Gasteiger partial charge on any atom is 0.227 e. The van der Waals surface area contributed by atoms with Crippen molar-refractivity contribution in [2.24, 2.45) is 5.92 Å². The molecule has 2 heterocycles. The van der Waals surface area contributed by atoms with Crippen molar-refractivity contribution in [3.8, 4) is 5.75 Å². The number of ether oxygens (including phenoxy) is 2. The zero-order chi connectivity index (χ0) is 18.4. The molecule has 3 rings (SSSR count). The Hall–Kier alpha value is -2.12. The van der Waals surface area contributed by atoms with E-state index in [0.29, 0.717) is 13.1 Å². The van der Waals surface area contributed by atoms with Gasteiger partial charge >= 0.3 is 0 Å². The minimum Gasteiger partial charge on any atom is -0.497 e. The molecule has 0 aliphatic carbocycles. The summed E-state index contributed by atoms with van der Waals surface area (Å²) < 4.78 is 10.5. The van der Waals surface area contributed by atoms with Crippen LogP contribution in [0.15, 0.2) is 24.3 Å². The Balaban J connectivity index is 1.42. The molecule has 0 spiro atoms. The number of amides is 2. The summed E-state index contributed by atoms with van der Waals surface area (Å²) in [5.74, 6) is 0.442. The minimum absolute atomic E-state index is 0.00641. The summed E-state index contributed by atoms with van der Waals surface area (Å²) in [6, 6.07) is 7.35. The highest BCUT2D eigenvalue weighted by molar-refractivity contribution is 6.00. The monoisotopic (exact) mass is 362 g/mol. The molecule has 0 aromatic heterocycles. The Morgan fingerprint density at radius 3 is 2.73 bits per heavy atom. The number of nitrogens with one attached hydrogen (secondary N) is 2. The largest absolute Gasteiger partial charge is 0.497 e. The van der Waals surface area contributed by atoms with Crippen molar-refractivity contribution in [3.05, 3.63) is 24.3 Å². The fourth-order valence-electron chi connectivity index (χ4n) is 3.50. The van der Waals surface area contributed by atoms with Crippen LogP contribution in [0.5, 0.6) is 5.75 Å². The zero-order valence-corrected chi connectivity index (χ0v) is 15.3. The van der Waals surface area contributed by atoms with Gasteiger partial charge in [-0.05, 0) is 24.3 Å². The summed E-state index contributed by atoms with van der Waals surface area (Å²) in [5, 5.41) is 2.99. The molecule has 0 saturated carbocycles. The van der Waals surface area contributed by atoms with Crippen LogP contribution in [-0.4, -0.2) is 64.9 Å². The molecule has 1 aromatic carbocycles. The molecule has 2 N–H and O–H groups in total. The number of anilines is 1. The summed E-state index contributed by atoms with van der Waals surface area (Å²) in [5.41, 5.74) is 0.807. The second-order valence-electron chi connectivity index (χ2n) is 6.86. The molecule has 2 aliphatic rings. The SMILES string of the molecule is COc1ccc(N2CC(C(=O)NCCC[NH+]3CCOCC3)CC2=O)cc1. The second-order valence-corrected chi connectivity index (χ2v) is 6.86. The van der Waals surface area contributed by atoms with Gasteiger partial charge in [-0.3, -0.25) is 9.59 Å². The van der Waals surface area contributed by atoms with E-state index in [1.165, 1.54) is 4.90 Å². The first-order chi connectivity index (χ1) is 12.7. The Labute approximate surface area is 154 Å². The number of benzene rings is 1. The number of morpholine rings is 1. The zero-order valence-electron chi connectivity index (χ0n) is 15.3.